The van der Waals surface area contributed by atoms with E-state index in [1.165, 1.54) is 0 Å². The molecule has 0 spiro atoms. The molecule has 2 rings (SSSR count). The summed E-state index contributed by atoms with van der Waals surface area (Å²) in [6.45, 7) is 3.09. The van der Waals surface area contributed by atoms with E-state index in [0.717, 1.165) is 23.7 Å². The minimum Gasteiger partial charge on any atom is -0.497 e. The smallest absolute Gasteiger partial charge is 0.220 e. The zero-order valence-corrected chi connectivity index (χ0v) is 13.6. The van der Waals surface area contributed by atoms with Crippen molar-refractivity contribution in [1.82, 2.24) is 20.1 Å². The number of amides is 1. The van der Waals surface area contributed by atoms with Crippen molar-refractivity contribution in [1.29, 1.82) is 0 Å². The molecule has 2 N–H and O–H groups in total. The van der Waals surface area contributed by atoms with Gasteiger partial charge in [0.05, 0.1) is 13.7 Å². The van der Waals surface area contributed by atoms with E-state index in [1.54, 1.807) is 7.11 Å². The minimum absolute atomic E-state index is 0.00705. The monoisotopic (exact) mass is 320 g/mol. The van der Waals surface area contributed by atoms with Gasteiger partial charge in [-0.05, 0) is 43.3 Å². The molecule has 0 radical (unpaired) electrons. The van der Waals surface area contributed by atoms with E-state index in [1.807, 2.05) is 35.8 Å². The molecule has 1 aromatic heterocycles. The number of aryl methyl sites for hydroxylation is 1. The average molecular weight is 320 g/mol. The zero-order valence-electron chi connectivity index (χ0n) is 12.8. The molecule has 0 aliphatic carbocycles. The highest BCUT2D eigenvalue weighted by molar-refractivity contribution is 7.71. The van der Waals surface area contributed by atoms with Crippen LogP contribution in [0.5, 0.6) is 5.75 Å². The number of carbonyl (C=O) groups excluding carboxylic acids is 1. The number of H-pyrrole nitrogens is 1. The number of aromatic amines is 1. The molecule has 2 aromatic rings. The summed E-state index contributed by atoms with van der Waals surface area (Å²) in [6.07, 6.45) is 1.13. The molecule has 0 unspecified atom stereocenters. The van der Waals surface area contributed by atoms with E-state index in [2.05, 4.69) is 15.5 Å². The Morgan fingerprint density at radius 3 is 2.77 bits per heavy atom. The number of hydrogen-bond donors (Lipinski definition) is 2. The fourth-order valence-electron chi connectivity index (χ4n) is 2.13. The lowest BCUT2D eigenvalue weighted by atomic mass is 10.1. The molecule has 0 bridgehead atoms. The second-order valence-corrected chi connectivity index (χ2v) is 5.20. The molecule has 0 saturated heterocycles. The molecule has 1 heterocycles. The van der Waals surface area contributed by atoms with Crippen molar-refractivity contribution >= 4 is 18.1 Å². The van der Waals surface area contributed by atoms with Gasteiger partial charge in [0.2, 0.25) is 5.91 Å². The summed E-state index contributed by atoms with van der Waals surface area (Å²) in [4.78, 5) is 11.9. The molecule has 118 valence electrons. The Bertz CT molecular complexity index is 676. The van der Waals surface area contributed by atoms with E-state index in [-0.39, 0.29) is 5.91 Å². The van der Waals surface area contributed by atoms with E-state index < -0.39 is 0 Å². The fraction of sp³-hybridized carbons (Fsp3) is 0.400. The van der Waals surface area contributed by atoms with Crippen molar-refractivity contribution in [2.24, 2.45) is 0 Å². The van der Waals surface area contributed by atoms with Gasteiger partial charge in [-0.2, -0.15) is 5.10 Å². The Morgan fingerprint density at radius 1 is 1.41 bits per heavy atom. The van der Waals surface area contributed by atoms with E-state index in [4.69, 9.17) is 17.0 Å². The Morgan fingerprint density at radius 2 is 2.14 bits per heavy atom. The number of methoxy groups -OCH3 is 1. The van der Waals surface area contributed by atoms with Gasteiger partial charge in [-0.15, -0.1) is 0 Å². The van der Waals surface area contributed by atoms with Gasteiger partial charge in [0, 0.05) is 13.0 Å². The quantitative estimate of drug-likeness (QED) is 0.767. The highest BCUT2D eigenvalue weighted by Gasteiger charge is 2.07. The number of benzene rings is 1. The molecule has 1 aromatic carbocycles. The number of ether oxygens (including phenoxy) is 1. The number of hydrogen-bond acceptors (Lipinski definition) is 4. The van der Waals surface area contributed by atoms with Crippen LogP contribution in [-0.4, -0.2) is 27.8 Å². The third-order valence-electron chi connectivity index (χ3n) is 3.40. The Hall–Kier alpha value is -2.15. The molecule has 0 aliphatic rings. The first-order valence-corrected chi connectivity index (χ1v) is 7.58. The van der Waals surface area contributed by atoms with Crippen LogP contribution in [0.1, 0.15) is 24.7 Å². The summed E-state index contributed by atoms with van der Waals surface area (Å²) >= 11 is 5.11. The van der Waals surface area contributed by atoms with Gasteiger partial charge in [0.25, 0.3) is 0 Å². The molecule has 6 nitrogen and oxygen atoms in total. The topological polar surface area (TPSA) is 71.9 Å². The van der Waals surface area contributed by atoms with Crippen molar-refractivity contribution in [3.8, 4) is 5.75 Å². The summed E-state index contributed by atoms with van der Waals surface area (Å²) < 4.78 is 7.54. The summed E-state index contributed by atoms with van der Waals surface area (Å²) in [5, 5.41) is 9.71. The molecule has 0 atom stereocenters. The van der Waals surface area contributed by atoms with Crippen molar-refractivity contribution in [2.45, 2.75) is 32.9 Å². The highest BCUT2D eigenvalue weighted by atomic mass is 32.1. The number of nitrogens with one attached hydrogen (secondary N) is 2. The van der Waals surface area contributed by atoms with E-state index in [9.17, 15) is 4.79 Å². The first-order valence-electron chi connectivity index (χ1n) is 7.17. The third kappa shape index (κ3) is 4.17. The molecule has 0 saturated carbocycles. The van der Waals surface area contributed by atoms with Gasteiger partial charge in [-0.1, -0.05) is 12.1 Å². The third-order valence-corrected chi connectivity index (χ3v) is 3.71. The van der Waals surface area contributed by atoms with Gasteiger partial charge in [0.1, 0.15) is 5.75 Å². The summed E-state index contributed by atoms with van der Waals surface area (Å²) in [5.74, 6) is 1.55. The van der Waals surface area contributed by atoms with E-state index >= 15 is 0 Å². The predicted molar refractivity (Wildman–Crippen MR) is 86.2 cm³/mol. The second-order valence-electron chi connectivity index (χ2n) is 4.81. The van der Waals surface area contributed by atoms with E-state index in [0.29, 0.717) is 24.2 Å². The van der Waals surface area contributed by atoms with Crippen LogP contribution < -0.4 is 10.1 Å². The molecule has 7 heteroatoms. The Balaban J connectivity index is 1.81. The largest absolute Gasteiger partial charge is 0.497 e. The van der Waals surface area contributed by atoms with Gasteiger partial charge >= 0.3 is 0 Å². The van der Waals surface area contributed by atoms with Crippen LogP contribution in [0.15, 0.2) is 24.3 Å². The lowest BCUT2D eigenvalue weighted by Crippen LogP contribution is -2.25. The first-order chi connectivity index (χ1) is 10.6. The van der Waals surface area contributed by atoms with Crippen LogP contribution in [0.25, 0.3) is 0 Å². The molecular weight excluding hydrogens is 300 g/mol. The summed E-state index contributed by atoms with van der Waals surface area (Å²) in [5.41, 5.74) is 1.10. The standard InChI is InChI=1S/C15H20N4O2S/c1-3-19-13(17-18-15(19)22)10-16-14(20)9-6-11-4-7-12(21-2)8-5-11/h4-5,7-8H,3,6,9-10H2,1-2H3,(H,16,20)(H,18,22). The molecule has 0 aliphatic heterocycles. The lowest BCUT2D eigenvalue weighted by molar-refractivity contribution is -0.121. The van der Waals surface area contributed by atoms with Crippen molar-refractivity contribution in [3.05, 3.63) is 40.4 Å². The number of carbonyl (C=O) groups is 1. The van der Waals surface area contributed by atoms with Crippen LogP contribution >= 0.6 is 12.2 Å². The maximum Gasteiger partial charge on any atom is 0.220 e. The lowest BCUT2D eigenvalue weighted by Gasteiger charge is -2.06. The Labute approximate surface area is 134 Å². The summed E-state index contributed by atoms with van der Waals surface area (Å²) in [6, 6.07) is 7.72. The van der Waals surface area contributed by atoms with Crippen LogP contribution in [0.4, 0.5) is 0 Å². The first kappa shape index (κ1) is 16.2. The van der Waals surface area contributed by atoms with Gasteiger partial charge in [-0.3, -0.25) is 9.89 Å². The minimum atomic E-state index is -0.00705. The average Bonchev–Trinajstić information content (AvgIpc) is 2.91. The fourth-order valence-corrected chi connectivity index (χ4v) is 2.41. The van der Waals surface area contributed by atoms with Crippen molar-refractivity contribution in [3.63, 3.8) is 0 Å². The zero-order chi connectivity index (χ0) is 15.9. The molecule has 0 fully saturated rings. The number of rotatable bonds is 7. The van der Waals surface area contributed by atoms with Crippen LogP contribution in [0, 0.1) is 4.77 Å². The summed E-state index contributed by atoms with van der Waals surface area (Å²) in [7, 11) is 1.63. The Kier molecular flexibility index (Phi) is 5.71. The second kappa shape index (κ2) is 7.74. The van der Waals surface area contributed by atoms with Crippen LogP contribution in [-0.2, 0) is 24.3 Å². The van der Waals surface area contributed by atoms with Gasteiger partial charge < -0.3 is 14.6 Å². The maximum absolute atomic E-state index is 11.9. The van der Waals surface area contributed by atoms with Crippen molar-refractivity contribution < 1.29 is 9.53 Å². The molecule has 22 heavy (non-hydrogen) atoms. The predicted octanol–water partition coefficient (Wildman–Crippen LogP) is 2.22. The van der Waals surface area contributed by atoms with Crippen molar-refractivity contribution in [2.75, 3.05) is 7.11 Å². The van der Waals surface area contributed by atoms with Gasteiger partial charge in [-0.25, -0.2) is 0 Å². The highest BCUT2D eigenvalue weighted by Crippen LogP contribution is 2.12. The normalized spacial score (nSPS) is 10.5. The van der Waals surface area contributed by atoms with Gasteiger partial charge in [0.15, 0.2) is 10.6 Å². The maximum atomic E-state index is 11.9. The SMILES string of the molecule is CCn1c(CNC(=O)CCc2ccc(OC)cc2)n[nH]c1=S. The van der Waals surface area contributed by atoms with Crippen LogP contribution in [0.2, 0.25) is 0 Å². The number of nitrogens with zero attached hydrogens (tertiary/aromatic N) is 2. The molecular formula is C15H20N4O2S. The molecule has 1 amide bonds. The van der Waals surface area contributed by atoms with Crippen LogP contribution in [0.3, 0.4) is 0 Å². The number of aromatic nitrogens is 3.